The lowest BCUT2D eigenvalue weighted by atomic mass is 10.3. The van der Waals surface area contributed by atoms with Gasteiger partial charge in [-0.1, -0.05) is 4.98 Å². The summed E-state index contributed by atoms with van der Waals surface area (Å²) in [6.45, 7) is 3.55. The van der Waals surface area contributed by atoms with Crippen molar-refractivity contribution in [1.82, 2.24) is 14.5 Å². The maximum Gasteiger partial charge on any atom is 0.434 e. The number of halogens is 1. The molecule has 9 heteroatoms. The maximum absolute atomic E-state index is 10.7. The van der Waals surface area contributed by atoms with Gasteiger partial charge >= 0.3 is 5.95 Å². The Morgan fingerprint density at radius 3 is 2.79 bits per heavy atom. The van der Waals surface area contributed by atoms with Crippen molar-refractivity contribution in [2.75, 3.05) is 32.8 Å². The number of aliphatic hydroxyl groups excluding tert-OH is 1. The second-order valence-electron chi connectivity index (χ2n) is 4.20. The molecule has 19 heavy (non-hydrogen) atoms. The van der Waals surface area contributed by atoms with Crippen LogP contribution in [0.2, 0.25) is 0 Å². The number of nitrogens with zero attached hydrogens (tertiary/aromatic N) is 4. The summed E-state index contributed by atoms with van der Waals surface area (Å²) in [4.78, 5) is 15.8. The third-order valence-corrected chi connectivity index (χ3v) is 2.84. The second kappa shape index (κ2) is 7.39. The van der Waals surface area contributed by atoms with Gasteiger partial charge in [0.1, 0.15) is 12.4 Å². The third kappa shape index (κ3) is 4.43. The Hall–Kier alpha value is -1.22. The molecule has 108 valence electrons. The van der Waals surface area contributed by atoms with Gasteiger partial charge in [-0.15, -0.1) is 12.4 Å². The van der Waals surface area contributed by atoms with Gasteiger partial charge in [0.25, 0.3) is 0 Å². The lowest BCUT2D eigenvalue weighted by Crippen LogP contribution is -2.42. The first-order valence-electron chi connectivity index (χ1n) is 5.80. The molecule has 1 N–H and O–H groups in total. The Morgan fingerprint density at radius 2 is 2.16 bits per heavy atom. The van der Waals surface area contributed by atoms with Crippen LogP contribution in [-0.4, -0.2) is 63.4 Å². The fourth-order valence-electron chi connectivity index (χ4n) is 1.98. The number of aromatic nitrogens is 2. The molecular weight excluding hydrogens is 276 g/mol. The Bertz CT molecular complexity index is 408. The monoisotopic (exact) mass is 292 g/mol. The molecular formula is C10H17ClN4O4. The number of β-amino-alcohol motifs (C(OH)–C–C–N with tert-alkyl or cyclic N) is 1. The summed E-state index contributed by atoms with van der Waals surface area (Å²) >= 11 is 0. The van der Waals surface area contributed by atoms with Crippen LogP contribution in [0.4, 0.5) is 5.95 Å². The van der Waals surface area contributed by atoms with Crippen molar-refractivity contribution in [2.24, 2.45) is 0 Å². The van der Waals surface area contributed by atoms with E-state index in [0.717, 1.165) is 13.1 Å². The zero-order valence-electron chi connectivity index (χ0n) is 10.3. The summed E-state index contributed by atoms with van der Waals surface area (Å²) in [5.74, 6) is -0.240. The number of nitro groups is 1. The quantitative estimate of drug-likeness (QED) is 0.602. The molecule has 0 radical (unpaired) electrons. The smallest absolute Gasteiger partial charge is 0.390 e. The van der Waals surface area contributed by atoms with E-state index in [-0.39, 0.29) is 24.9 Å². The Morgan fingerprint density at radius 1 is 1.47 bits per heavy atom. The zero-order chi connectivity index (χ0) is 13.0. The second-order valence-corrected chi connectivity index (χ2v) is 4.20. The van der Waals surface area contributed by atoms with Crippen LogP contribution >= 0.6 is 12.4 Å². The minimum atomic E-state index is -0.656. The molecule has 0 aromatic carbocycles. The molecule has 1 fully saturated rings. The van der Waals surface area contributed by atoms with Gasteiger partial charge < -0.3 is 20.0 Å². The molecule has 2 heterocycles. The molecule has 1 aromatic rings. The third-order valence-electron chi connectivity index (χ3n) is 2.84. The van der Waals surface area contributed by atoms with Gasteiger partial charge in [-0.05, 0) is 4.92 Å². The number of rotatable bonds is 5. The highest BCUT2D eigenvalue weighted by Crippen LogP contribution is 2.09. The van der Waals surface area contributed by atoms with Crippen molar-refractivity contribution in [1.29, 1.82) is 0 Å². The highest BCUT2D eigenvalue weighted by molar-refractivity contribution is 5.85. The van der Waals surface area contributed by atoms with Crippen molar-refractivity contribution in [2.45, 2.75) is 12.6 Å². The van der Waals surface area contributed by atoms with Crippen molar-refractivity contribution in [3.8, 4) is 0 Å². The molecule has 1 aliphatic heterocycles. The highest BCUT2D eigenvalue weighted by Gasteiger charge is 2.20. The van der Waals surface area contributed by atoms with Gasteiger partial charge in [0.15, 0.2) is 0 Å². The van der Waals surface area contributed by atoms with Crippen LogP contribution in [0.3, 0.4) is 0 Å². The number of hydrogen-bond acceptors (Lipinski definition) is 6. The van der Waals surface area contributed by atoms with Gasteiger partial charge in [-0.25, -0.2) is 4.57 Å². The molecule has 0 amide bonds. The van der Waals surface area contributed by atoms with Gasteiger partial charge in [0.2, 0.25) is 0 Å². The lowest BCUT2D eigenvalue weighted by molar-refractivity contribution is -0.397. The number of aliphatic hydroxyl groups is 1. The van der Waals surface area contributed by atoms with Crippen LogP contribution in [0.5, 0.6) is 0 Å². The fraction of sp³-hybridized carbons (Fsp3) is 0.700. The summed E-state index contributed by atoms with van der Waals surface area (Å²) in [6.07, 6.45) is 2.20. The first-order chi connectivity index (χ1) is 8.66. The largest absolute Gasteiger partial charge is 0.434 e. The van der Waals surface area contributed by atoms with E-state index < -0.39 is 11.0 Å². The zero-order valence-corrected chi connectivity index (χ0v) is 11.2. The standard InChI is InChI=1S/C10H16N4O4.ClH/c15-9(7-12-3-5-18-6-4-12)8-13-2-1-11-10(13)14(16)17;/h1-2,9,15H,3-8H2;1H. The van der Waals surface area contributed by atoms with Crippen LogP contribution in [0.15, 0.2) is 12.4 Å². The van der Waals surface area contributed by atoms with Crippen LogP contribution in [0, 0.1) is 10.1 Å². The molecule has 1 atom stereocenters. The minimum absolute atomic E-state index is 0. The first-order valence-corrected chi connectivity index (χ1v) is 5.80. The van der Waals surface area contributed by atoms with E-state index >= 15 is 0 Å². The van der Waals surface area contributed by atoms with E-state index in [9.17, 15) is 15.2 Å². The SMILES string of the molecule is Cl.O=[N+]([O-])c1nccn1CC(O)CN1CCOCC1. The van der Waals surface area contributed by atoms with Crippen LogP contribution in [0.1, 0.15) is 0 Å². The molecule has 1 aromatic heterocycles. The van der Waals surface area contributed by atoms with Crippen LogP contribution in [0.25, 0.3) is 0 Å². The summed E-state index contributed by atoms with van der Waals surface area (Å²) in [6, 6.07) is 0. The summed E-state index contributed by atoms with van der Waals surface area (Å²) in [7, 11) is 0. The number of hydrogen-bond donors (Lipinski definition) is 1. The predicted octanol–water partition coefficient (Wildman–Crippen LogP) is -0.0938. The van der Waals surface area contributed by atoms with Crippen molar-refractivity contribution >= 4 is 18.4 Å². The predicted molar refractivity (Wildman–Crippen MR) is 69.4 cm³/mol. The van der Waals surface area contributed by atoms with Crippen molar-refractivity contribution in [3.63, 3.8) is 0 Å². The minimum Gasteiger partial charge on any atom is -0.390 e. The molecule has 8 nitrogen and oxygen atoms in total. The van der Waals surface area contributed by atoms with Crippen LogP contribution in [-0.2, 0) is 11.3 Å². The van der Waals surface area contributed by atoms with Crippen molar-refractivity contribution in [3.05, 3.63) is 22.5 Å². The lowest BCUT2D eigenvalue weighted by Gasteiger charge is -2.28. The molecule has 1 saturated heterocycles. The van der Waals surface area contributed by atoms with Gasteiger partial charge in [0, 0.05) is 19.6 Å². The van der Waals surface area contributed by atoms with E-state index in [2.05, 4.69) is 9.88 Å². The van der Waals surface area contributed by atoms with Crippen LogP contribution < -0.4 is 0 Å². The van der Waals surface area contributed by atoms with E-state index in [0.29, 0.717) is 19.8 Å². The molecule has 0 saturated carbocycles. The molecule has 0 aliphatic carbocycles. The summed E-state index contributed by atoms with van der Waals surface area (Å²) in [5, 5.41) is 20.6. The number of morpholine rings is 1. The molecule has 0 bridgehead atoms. The average Bonchev–Trinajstić information content (AvgIpc) is 2.78. The Labute approximate surface area is 116 Å². The molecule has 0 spiro atoms. The fourth-order valence-corrected chi connectivity index (χ4v) is 1.98. The Balaban J connectivity index is 0.00000180. The number of ether oxygens (including phenoxy) is 1. The summed E-state index contributed by atoms with van der Waals surface area (Å²) < 4.78 is 6.56. The van der Waals surface area contributed by atoms with Gasteiger partial charge in [-0.2, -0.15) is 0 Å². The highest BCUT2D eigenvalue weighted by atomic mass is 35.5. The topological polar surface area (TPSA) is 93.7 Å². The van der Waals surface area contributed by atoms with E-state index in [1.165, 1.54) is 17.0 Å². The Kier molecular flexibility index (Phi) is 6.16. The normalized spacial score (nSPS) is 17.7. The van der Waals surface area contributed by atoms with Gasteiger partial charge in [0.05, 0.1) is 25.9 Å². The summed E-state index contributed by atoms with van der Waals surface area (Å²) in [5.41, 5.74) is 0. The van der Waals surface area contributed by atoms with Crippen molar-refractivity contribution < 1.29 is 14.8 Å². The molecule has 2 rings (SSSR count). The molecule has 1 aliphatic rings. The first kappa shape index (κ1) is 15.8. The average molecular weight is 293 g/mol. The van der Waals surface area contributed by atoms with Gasteiger partial charge in [-0.3, -0.25) is 4.90 Å². The van der Waals surface area contributed by atoms with E-state index in [1.54, 1.807) is 0 Å². The molecule has 1 unspecified atom stereocenters. The van der Waals surface area contributed by atoms with E-state index in [1.807, 2.05) is 0 Å². The number of imidazole rings is 1. The van der Waals surface area contributed by atoms with E-state index in [4.69, 9.17) is 4.74 Å². The maximum atomic E-state index is 10.7.